The highest BCUT2D eigenvalue weighted by Crippen LogP contribution is 2.47. The van der Waals surface area contributed by atoms with Gasteiger partial charge in [0.15, 0.2) is 0 Å². The third kappa shape index (κ3) is 1.67. The molecule has 8 rings (SSSR count). The molecule has 1 aromatic heterocycles. The van der Waals surface area contributed by atoms with Crippen molar-refractivity contribution < 1.29 is 0 Å². The fraction of sp³-hybridized carbons (Fsp3) is 0.0345. The SMILES string of the molecule is c1ccc2c(c1)Cc1cc3ccc4cc5[nH]c6ccccc6c5c5ccc(c1-2)c3c45. The van der Waals surface area contributed by atoms with Gasteiger partial charge >= 0.3 is 0 Å². The van der Waals surface area contributed by atoms with Gasteiger partial charge in [0.2, 0.25) is 0 Å². The Morgan fingerprint density at radius 2 is 1.30 bits per heavy atom. The fourth-order valence-electron chi connectivity index (χ4n) is 5.94. The summed E-state index contributed by atoms with van der Waals surface area (Å²) in [6.45, 7) is 0. The van der Waals surface area contributed by atoms with Gasteiger partial charge in [-0.3, -0.25) is 0 Å². The molecule has 0 aliphatic heterocycles. The zero-order valence-electron chi connectivity index (χ0n) is 16.3. The van der Waals surface area contributed by atoms with Crippen LogP contribution in [0.2, 0.25) is 0 Å². The quantitative estimate of drug-likeness (QED) is 0.259. The van der Waals surface area contributed by atoms with Gasteiger partial charge in [0.25, 0.3) is 0 Å². The molecule has 0 saturated carbocycles. The molecule has 1 aliphatic rings. The zero-order valence-corrected chi connectivity index (χ0v) is 16.3. The highest BCUT2D eigenvalue weighted by molar-refractivity contribution is 6.34. The molecule has 138 valence electrons. The molecular weight excluding hydrogens is 362 g/mol. The highest BCUT2D eigenvalue weighted by Gasteiger charge is 2.23. The molecule has 0 spiro atoms. The zero-order chi connectivity index (χ0) is 19.4. The molecule has 0 fully saturated rings. The lowest BCUT2D eigenvalue weighted by Gasteiger charge is -2.15. The Bertz CT molecular complexity index is 1820. The van der Waals surface area contributed by atoms with Gasteiger partial charge < -0.3 is 4.98 Å². The van der Waals surface area contributed by atoms with Crippen LogP contribution in [-0.2, 0) is 6.42 Å². The van der Waals surface area contributed by atoms with Crippen LogP contribution in [-0.4, -0.2) is 4.98 Å². The number of benzene rings is 6. The molecule has 0 radical (unpaired) electrons. The molecule has 0 amide bonds. The van der Waals surface area contributed by atoms with Gasteiger partial charge in [-0.1, -0.05) is 72.8 Å². The summed E-state index contributed by atoms with van der Waals surface area (Å²) in [6, 6.07) is 31.6. The minimum atomic E-state index is 1.04. The molecule has 1 heteroatoms. The normalized spacial score (nSPS) is 13.2. The van der Waals surface area contributed by atoms with Crippen LogP contribution in [0.5, 0.6) is 0 Å². The van der Waals surface area contributed by atoms with Crippen molar-refractivity contribution in [3.8, 4) is 11.1 Å². The van der Waals surface area contributed by atoms with E-state index in [1.807, 2.05) is 0 Å². The van der Waals surface area contributed by atoms with Crippen molar-refractivity contribution in [1.29, 1.82) is 0 Å². The van der Waals surface area contributed by atoms with E-state index in [-0.39, 0.29) is 0 Å². The van der Waals surface area contributed by atoms with Crippen molar-refractivity contribution in [3.05, 3.63) is 96.1 Å². The third-order valence-corrected chi connectivity index (χ3v) is 7.12. The smallest absolute Gasteiger partial charge is 0.0477 e. The van der Waals surface area contributed by atoms with E-state index in [2.05, 4.69) is 89.9 Å². The van der Waals surface area contributed by atoms with Crippen LogP contribution < -0.4 is 0 Å². The van der Waals surface area contributed by atoms with Crippen LogP contribution in [0.1, 0.15) is 11.1 Å². The van der Waals surface area contributed by atoms with E-state index >= 15 is 0 Å². The fourth-order valence-corrected chi connectivity index (χ4v) is 5.94. The van der Waals surface area contributed by atoms with Gasteiger partial charge in [-0.05, 0) is 73.1 Å². The van der Waals surface area contributed by atoms with Crippen molar-refractivity contribution in [1.82, 2.24) is 4.98 Å². The number of H-pyrrole nitrogens is 1. The second-order valence-electron chi connectivity index (χ2n) is 8.64. The van der Waals surface area contributed by atoms with Crippen LogP contribution in [0.25, 0.3) is 65.3 Å². The number of aromatic amines is 1. The summed E-state index contributed by atoms with van der Waals surface area (Å²) in [5.74, 6) is 0. The van der Waals surface area contributed by atoms with E-state index in [1.54, 1.807) is 0 Å². The number of para-hydroxylation sites is 1. The molecule has 0 unspecified atom stereocenters. The maximum atomic E-state index is 3.63. The monoisotopic (exact) mass is 379 g/mol. The molecule has 0 saturated heterocycles. The first kappa shape index (κ1) is 15.1. The Kier molecular flexibility index (Phi) is 2.51. The molecule has 1 heterocycles. The average molecular weight is 379 g/mol. The summed E-state index contributed by atoms with van der Waals surface area (Å²) >= 11 is 0. The number of nitrogens with one attached hydrogen (secondary N) is 1. The molecule has 1 nitrogen and oxygen atoms in total. The largest absolute Gasteiger partial charge is 0.354 e. The van der Waals surface area contributed by atoms with Crippen LogP contribution >= 0.6 is 0 Å². The lowest BCUT2D eigenvalue weighted by molar-refractivity contribution is 1.27. The predicted molar refractivity (Wildman–Crippen MR) is 128 cm³/mol. The van der Waals surface area contributed by atoms with Gasteiger partial charge in [-0.2, -0.15) is 0 Å². The van der Waals surface area contributed by atoms with Crippen molar-refractivity contribution >= 4 is 54.1 Å². The topological polar surface area (TPSA) is 15.8 Å². The standard InChI is InChI=1S/C29H17N/c1-2-6-20-16(5-1)13-19-14-17-9-10-18-15-25-29(21-7-3-4-8-24(21)30-25)23-12-11-22(26(19)20)27(17)28(18)23/h1-12,14-15,30H,13H2. The Hall–Kier alpha value is -3.84. The maximum Gasteiger partial charge on any atom is 0.0477 e. The summed E-state index contributed by atoms with van der Waals surface area (Å²) in [5.41, 5.74) is 8.17. The minimum Gasteiger partial charge on any atom is -0.354 e. The van der Waals surface area contributed by atoms with Crippen LogP contribution in [0, 0.1) is 0 Å². The molecule has 1 N–H and O–H groups in total. The van der Waals surface area contributed by atoms with E-state index in [4.69, 9.17) is 0 Å². The summed E-state index contributed by atoms with van der Waals surface area (Å²) < 4.78 is 0. The van der Waals surface area contributed by atoms with Gasteiger partial charge in [0.05, 0.1) is 0 Å². The Balaban J connectivity index is 1.64. The summed E-state index contributed by atoms with van der Waals surface area (Å²) in [7, 11) is 0. The number of fused-ring (bicyclic) bond motifs is 8. The Morgan fingerprint density at radius 3 is 2.27 bits per heavy atom. The predicted octanol–water partition coefficient (Wildman–Crippen LogP) is 7.79. The van der Waals surface area contributed by atoms with E-state index in [1.165, 1.54) is 76.4 Å². The molecule has 1 aliphatic carbocycles. The maximum absolute atomic E-state index is 3.63. The molecule has 0 bridgehead atoms. The van der Waals surface area contributed by atoms with Gasteiger partial charge in [0, 0.05) is 21.8 Å². The molecule has 6 aromatic carbocycles. The lowest BCUT2D eigenvalue weighted by Crippen LogP contribution is -1.89. The number of hydrogen-bond donors (Lipinski definition) is 1. The summed E-state index contributed by atoms with van der Waals surface area (Å²) in [6.07, 6.45) is 1.04. The molecular formula is C29H17N. The van der Waals surface area contributed by atoms with Crippen molar-refractivity contribution in [2.24, 2.45) is 0 Å². The van der Waals surface area contributed by atoms with Crippen molar-refractivity contribution in [3.63, 3.8) is 0 Å². The van der Waals surface area contributed by atoms with E-state index < -0.39 is 0 Å². The number of rotatable bonds is 0. The molecule has 0 atom stereocenters. The summed E-state index contributed by atoms with van der Waals surface area (Å²) in [5, 5.41) is 10.9. The first-order valence-corrected chi connectivity index (χ1v) is 10.6. The van der Waals surface area contributed by atoms with Crippen molar-refractivity contribution in [2.75, 3.05) is 0 Å². The van der Waals surface area contributed by atoms with Crippen LogP contribution in [0.3, 0.4) is 0 Å². The van der Waals surface area contributed by atoms with Crippen molar-refractivity contribution in [2.45, 2.75) is 6.42 Å². The van der Waals surface area contributed by atoms with Gasteiger partial charge in [-0.15, -0.1) is 0 Å². The summed E-state index contributed by atoms with van der Waals surface area (Å²) in [4.78, 5) is 3.63. The van der Waals surface area contributed by atoms with Crippen LogP contribution in [0.15, 0.2) is 84.9 Å². The first-order valence-electron chi connectivity index (χ1n) is 10.6. The highest BCUT2D eigenvalue weighted by atomic mass is 14.7. The number of hydrogen-bond acceptors (Lipinski definition) is 0. The second kappa shape index (κ2) is 5.01. The van der Waals surface area contributed by atoms with Gasteiger partial charge in [-0.25, -0.2) is 0 Å². The second-order valence-corrected chi connectivity index (χ2v) is 8.64. The third-order valence-electron chi connectivity index (χ3n) is 7.12. The van der Waals surface area contributed by atoms with Crippen LogP contribution in [0.4, 0.5) is 0 Å². The molecule has 7 aromatic rings. The lowest BCUT2D eigenvalue weighted by atomic mass is 9.88. The van der Waals surface area contributed by atoms with E-state index in [0.29, 0.717) is 0 Å². The Labute approximate surface area is 172 Å². The number of aromatic nitrogens is 1. The van der Waals surface area contributed by atoms with E-state index in [9.17, 15) is 0 Å². The molecule has 30 heavy (non-hydrogen) atoms. The van der Waals surface area contributed by atoms with E-state index in [0.717, 1.165) is 6.42 Å². The first-order chi connectivity index (χ1) is 14.9. The van der Waals surface area contributed by atoms with Gasteiger partial charge in [0.1, 0.15) is 0 Å². The minimum absolute atomic E-state index is 1.04. The Morgan fingerprint density at radius 1 is 0.533 bits per heavy atom. The average Bonchev–Trinajstić information content (AvgIpc) is 3.34.